The van der Waals surface area contributed by atoms with Crippen molar-refractivity contribution >= 4 is 27.3 Å². The normalized spacial score (nSPS) is 11.3. The zero-order chi connectivity index (χ0) is 21.7. The van der Waals surface area contributed by atoms with E-state index in [4.69, 9.17) is 16.3 Å². The first kappa shape index (κ1) is 21.9. The molecule has 7 nitrogen and oxygen atoms in total. The molecule has 9 heteroatoms. The predicted octanol–water partition coefficient (Wildman–Crippen LogP) is 3.18. The summed E-state index contributed by atoms with van der Waals surface area (Å²) in [6.07, 6.45) is 0.0862. The highest BCUT2D eigenvalue weighted by Gasteiger charge is 2.18. The summed E-state index contributed by atoms with van der Waals surface area (Å²) in [7, 11) is -1.99. The Balaban J connectivity index is 1.61. The van der Waals surface area contributed by atoms with Crippen LogP contribution >= 0.6 is 11.6 Å². The number of aryl methyl sites for hydroxylation is 1. The minimum atomic E-state index is -3.51. The lowest BCUT2D eigenvalue weighted by Gasteiger charge is -2.08. The molecule has 0 saturated carbocycles. The van der Waals surface area contributed by atoms with Crippen LogP contribution in [-0.4, -0.2) is 43.9 Å². The predicted molar refractivity (Wildman–Crippen MR) is 116 cm³/mol. The number of hydrogen-bond donors (Lipinski definition) is 2. The summed E-state index contributed by atoms with van der Waals surface area (Å²) in [5, 5.41) is 10.5. The first-order valence-corrected chi connectivity index (χ1v) is 11.3. The lowest BCUT2D eigenvalue weighted by molar-refractivity contribution is -0.120. The quantitative estimate of drug-likeness (QED) is 0.552. The molecular formula is C21H22ClN3O4S. The molecule has 0 atom stereocenters. The van der Waals surface area contributed by atoms with E-state index in [9.17, 15) is 13.2 Å². The number of benzene rings is 2. The van der Waals surface area contributed by atoms with Crippen LogP contribution in [0.3, 0.4) is 0 Å². The van der Waals surface area contributed by atoms with Crippen LogP contribution < -0.4 is 10.1 Å². The molecule has 0 bridgehead atoms. The molecule has 0 radical (unpaired) electrons. The Morgan fingerprint density at radius 1 is 1.13 bits per heavy atom. The minimum Gasteiger partial charge on any atom is -0.497 e. The fourth-order valence-electron chi connectivity index (χ4n) is 2.96. The number of carbonyl (C=O) groups is 1. The zero-order valence-electron chi connectivity index (χ0n) is 16.6. The minimum absolute atomic E-state index is 0.0143. The van der Waals surface area contributed by atoms with Crippen LogP contribution in [0.15, 0.2) is 53.4 Å². The third-order valence-electron chi connectivity index (χ3n) is 4.64. The van der Waals surface area contributed by atoms with Crippen molar-refractivity contribution in [3.8, 4) is 17.0 Å². The number of nitrogens with zero attached hydrogens (tertiary/aromatic N) is 1. The van der Waals surface area contributed by atoms with Gasteiger partial charge in [-0.3, -0.25) is 9.89 Å². The van der Waals surface area contributed by atoms with E-state index in [-0.39, 0.29) is 29.5 Å². The van der Waals surface area contributed by atoms with E-state index in [0.29, 0.717) is 16.5 Å². The Morgan fingerprint density at radius 3 is 2.43 bits per heavy atom. The van der Waals surface area contributed by atoms with Crippen molar-refractivity contribution in [2.24, 2.45) is 0 Å². The second kappa shape index (κ2) is 9.32. The van der Waals surface area contributed by atoms with Crippen molar-refractivity contribution in [2.45, 2.75) is 18.2 Å². The first-order valence-electron chi connectivity index (χ1n) is 9.23. The molecule has 0 unspecified atom stereocenters. The number of H-pyrrole nitrogens is 1. The number of aromatic amines is 1. The van der Waals surface area contributed by atoms with Gasteiger partial charge in [0.1, 0.15) is 5.75 Å². The van der Waals surface area contributed by atoms with Crippen LogP contribution in [0.5, 0.6) is 5.75 Å². The molecule has 0 saturated heterocycles. The molecule has 0 aliphatic carbocycles. The Hall–Kier alpha value is -2.84. The van der Waals surface area contributed by atoms with Crippen molar-refractivity contribution in [3.05, 3.63) is 64.8 Å². The number of sulfone groups is 1. The highest BCUT2D eigenvalue weighted by atomic mass is 35.5. The average molecular weight is 448 g/mol. The molecule has 0 fully saturated rings. The SMILES string of the molecule is COc1ccc(S(=O)(=O)CCNC(=O)Cc2c(-c3ccc(Cl)cc3)n[nH]c2C)cc1. The van der Waals surface area contributed by atoms with Crippen LogP contribution in [0.25, 0.3) is 11.3 Å². The molecule has 3 rings (SSSR count). The molecule has 0 aliphatic heterocycles. The smallest absolute Gasteiger partial charge is 0.224 e. The fraction of sp³-hybridized carbons (Fsp3) is 0.238. The van der Waals surface area contributed by atoms with Crippen LogP contribution in [0.1, 0.15) is 11.3 Å². The largest absolute Gasteiger partial charge is 0.497 e. The number of rotatable bonds is 8. The molecular weight excluding hydrogens is 426 g/mol. The molecule has 158 valence electrons. The molecule has 1 amide bonds. The van der Waals surface area contributed by atoms with Gasteiger partial charge in [0.2, 0.25) is 5.91 Å². The van der Waals surface area contributed by atoms with Crippen LogP contribution in [0, 0.1) is 6.92 Å². The van der Waals surface area contributed by atoms with E-state index < -0.39 is 9.84 Å². The summed E-state index contributed by atoms with van der Waals surface area (Å²) in [4.78, 5) is 12.6. The standard InChI is InChI=1S/C21H22ClN3O4S/c1-14-19(21(25-24-14)15-3-5-16(22)6-4-15)13-20(26)23-11-12-30(27,28)18-9-7-17(29-2)8-10-18/h3-10H,11-13H2,1-2H3,(H,23,26)(H,24,25). The number of ether oxygens (including phenoxy) is 1. The lowest BCUT2D eigenvalue weighted by Crippen LogP contribution is -2.30. The van der Waals surface area contributed by atoms with E-state index in [1.807, 2.05) is 19.1 Å². The highest BCUT2D eigenvalue weighted by molar-refractivity contribution is 7.91. The summed E-state index contributed by atoms with van der Waals surface area (Å²) in [5.41, 5.74) is 3.05. The fourth-order valence-corrected chi connectivity index (χ4v) is 4.25. The highest BCUT2D eigenvalue weighted by Crippen LogP contribution is 2.25. The maximum absolute atomic E-state index is 12.4. The van der Waals surface area contributed by atoms with Gasteiger partial charge in [-0.05, 0) is 43.3 Å². The maximum atomic E-state index is 12.4. The second-order valence-electron chi connectivity index (χ2n) is 6.70. The summed E-state index contributed by atoms with van der Waals surface area (Å²) < 4.78 is 29.9. The Kier molecular flexibility index (Phi) is 6.79. The van der Waals surface area contributed by atoms with Gasteiger partial charge in [0, 0.05) is 28.4 Å². The maximum Gasteiger partial charge on any atom is 0.224 e. The molecule has 0 spiro atoms. The molecule has 0 aliphatic rings. The number of amides is 1. The van der Waals surface area contributed by atoms with Gasteiger partial charge in [0.15, 0.2) is 9.84 Å². The van der Waals surface area contributed by atoms with Crippen molar-refractivity contribution in [3.63, 3.8) is 0 Å². The number of methoxy groups -OCH3 is 1. The number of hydrogen-bond acceptors (Lipinski definition) is 5. The first-order chi connectivity index (χ1) is 14.3. The number of carbonyl (C=O) groups excluding carboxylic acids is 1. The molecule has 2 aromatic carbocycles. The number of halogens is 1. The van der Waals surface area contributed by atoms with Crippen molar-refractivity contribution in [1.29, 1.82) is 0 Å². The van der Waals surface area contributed by atoms with Gasteiger partial charge < -0.3 is 10.1 Å². The van der Waals surface area contributed by atoms with Gasteiger partial charge in [-0.15, -0.1) is 0 Å². The Labute approximate surface area is 180 Å². The topological polar surface area (TPSA) is 101 Å². The summed E-state index contributed by atoms with van der Waals surface area (Å²) in [6, 6.07) is 13.3. The van der Waals surface area contributed by atoms with Crippen LogP contribution in [0.4, 0.5) is 0 Å². The number of nitrogens with one attached hydrogen (secondary N) is 2. The molecule has 3 aromatic rings. The third-order valence-corrected chi connectivity index (χ3v) is 6.62. The van der Waals surface area contributed by atoms with Gasteiger partial charge in [0.25, 0.3) is 0 Å². The lowest BCUT2D eigenvalue weighted by atomic mass is 10.0. The molecule has 2 N–H and O–H groups in total. The van der Waals surface area contributed by atoms with Gasteiger partial charge >= 0.3 is 0 Å². The van der Waals surface area contributed by atoms with Gasteiger partial charge in [-0.1, -0.05) is 23.7 Å². The Bertz CT molecular complexity index is 1120. The Morgan fingerprint density at radius 2 is 1.80 bits per heavy atom. The van der Waals surface area contributed by atoms with Crippen molar-refractivity contribution in [2.75, 3.05) is 19.4 Å². The zero-order valence-corrected chi connectivity index (χ0v) is 18.2. The van der Waals surface area contributed by atoms with E-state index >= 15 is 0 Å². The van der Waals surface area contributed by atoms with Gasteiger partial charge in [-0.2, -0.15) is 5.10 Å². The van der Waals surface area contributed by atoms with Crippen LogP contribution in [-0.2, 0) is 21.1 Å². The van der Waals surface area contributed by atoms with Crippen LogP contribution in [0.2, 0.25) is 5.02 Å². The summed E-state index contributed by atoms with van der Waals surface area (Å²) in [5.74, 6) is 0.105. The van der Waals surface area contributed by atoms with E-state index in [2.05, 4.69) is 15.5 Å². The van der Waals surface area contributed by atoms with E-state index in [1.165, 1.54) is 19.2 Å². The molecule has 1 heterocycles. The molecule has 30 heavy (non-hydrogen) atoms. The van der Waals surface area contributed by atoms with E-state index in [1.54, 1.807) is 24.3 Å². The van der Waals surface area contributed by atoms with Crippen molar-refractivity contribution < 1.29 is 17.9 Å². The second-order valence-corrected chi connectivity index (χ2v) is 9.25. The average Bonchev–Trinajstić information content (AvgIpc) is 3.08. The van der Waals surface area contributed by atoms with E-state index in [0.717, 1.165) is 16.8 Å². The summed E-state index contributed by atoms with van der Waals surface area (Å²) in [6.45, 7) is 1.85. The van der Waals surface area contributed by atoms with Gasteiger partial charge in [0.05, 0.1) is 29.9 Å². The third kappa shape index (κ3) is 5.20. The number of aromatic nitrogens is 2. The monoisotopic (exact) mass is 447 g/mol. The van der Waals surface area contributed by atoms with Gasteiger partial charge in [-0.25, -0.2) is 8.42 Å². The molecule has 1 aromatic heterocycles. The van der Waals surface area contributed by atoms with Crippen molar-refractivity contribution in [1.82, 2.24) is 15.5 Å². The summed E-state index contributed by atoms with van der Waals surface area (Å²) >= 11 is 5.93.